The first-order valence-corrected chi connectivity index (χ1v) is 16.4. The molecule has 1 aromatic rings. The molecule has 0 saturated heterocycles. The zero-order valence-corrected chi connectivity index (χ0v) is 29.2. The predicted octanol–water partition coefficient (Wildman–Crippen LogP) is 1.50. The second-order valence-electron chi connectivity index (χ2n) is 12.8. The molecule has 5 amide bonds. The summed E-state index contributed by atoms with van der Waals surface area (Å²) in [5.41, 5.74) is 0.426. The van der Waals surface area contributed by atoms with Gasteiger partial charge in [0.25, 0.3) is 5.91 Å². The number of likely N-dealkylation sites (N-methyl/N-ethyl adjacent to an activating group) is 1. The average Bonchev–Trinajstić information content (AvgIpc) is 3.00. The number of nitrogens with zero attached hydrogens (tertiary/aromatic N) is 1. The highest BCUT2D eigenvalue weighted by Crippen LogP contribution is 2.11. The van der Waals surface area contributed by atoms with Crippen molar-refractivity contribution in [3.05, 3.63) is 42.7 Å². The highest BCUT2D eigenvalue weighted by Gasteiger charge is 2.31. The number of hydrogen-bond acceptors (Lipinski definition) is 6. The maximum atomic E-state index is 13.5. The molecule has 0 aliphatic rings. The fourth-order valence-electron chi connectivity index (χ4n) is 4.81. The minimum atomic E-state index is -0.913. The van der Waals surface area contributed by atoms with Crippen LogP contribution >= 0.6 is 0 Å². The van der Waals surface area contributed by atoms with Gasteiger partial charge < -0.3 is 31.9 Å². The molecular weight excluding hydrogens is 586 g/mol. The molecule has 0 bridgehead atoms. The maximum Gasteiger partial charge on any atom is 0.252 e. The molecule has 0 aromatic carbocycles. The van der Waals surface area contributed by atoms with E-state index in [0.29, 0.717) is 31.5 Å². The summed E-state index contributed by atoms with van der Waals surface area (Å²) in [4.78, 5) is 65.3. The van der Waals surface area contributed by atoms with E-state index in [1.54, 1.807) is 37.5 Å². The number of rotatable bonds is 20. The van der Waals surface area contributed by atoms with Crippen molar-refractivity contribution in [3.63, 3.8) is 0 Å². The van der Waals surface area contributed by atoms with E-state index < -0.39 is 36.0 Å². The van der Waals surface area contributed by atoms with Crippen molar-refractivity contribution in [3.8, 4) is 0 Å². The minimum absolute atomic E-state index is 0.0948. The Morgan fingerprint density at radius 2 is 1.46 bits per heavy atom. The van der Waals surface area contributed by atoms with Crippen LogP contribution in [-0.4, -0.2) is 72.8 Å². The Balaban J connectivity index is 2.98. The van der Waals surface area contributed by atoms with Gasteiger partial charge in [0, 0.05) is 31.3 Å². The van der Waals surface area contributed by atoms with Gasteiger partial charge in [-0.05, 0) is 44.4 Å². The SMILES string of the molecule is C=CC[C@H](NC(=O)[C@@H](NC(=O)c1cc[n+](C)cc1)[C@@H](C)CC)C(=O)N[C@H](CN[C@@H](C)C(=O)N[C@H](C(=O)NCC)C(C)C)CC(C)C. The first-order valence-electron chi connectivity index (χ1n) is 16.4. The summed E-state index contributed by atoms with van der Waals surface area (Å²) in [5, 5.41) is 17.5. The fraction of sp³-hybridized carbons (Fsp3) is 0.647. The van der Waals surface area contributed by atoms with Gasteiger partial charge in [-0.15, -0.1) is 6.58 Å². The van der Waals surface area contributed by atoms with Crippen molar-refractivity contribution < 1.29 is 28.5 Å². The smallest absolute Gasteiger partial charge is 0.252 e. The molecule has 0 radical (unpaired) electrons. The molecule has 1 rings (SSSR count). The largest absolute Gasteiger partial charge is 0.355 e. The van der Waals surface area contributed by atoms with Crippen molar-refractivity contribution in [1.29, 1.82) is 0 Å². The molecule has 12 heteroatoms. The summed E-state index contributed by atoms with van der Waals surface area (Å²) >= 11 is 0. The Morgan fingerprint density at radius 1 is 0.826 bits per heavy atom. The number of amides is 5. The van der Waals surface area contributed by atoms with Crippen LogP contribution in [0.2, 0.25) is 0 Å². The van der Waals surface area contributed by atoms with Gasteiger partial charge in [-0.25, -0.2) is 4.57 Å². The lowest BCUT2D eigenvalue weighted by Crippen LogP contribution is -2.58. The summed E-state index contributed by atoms with van der Waals surface area (Å²) in [7, 11) is 1.85. The number of aryl methyl sites for hydroxylation is 1. The molecule has 0 spiro atoms. The van der Waals surface area contributed by atoms with Gasteiger partial charge in [0.1, 0.15) is 25.2 Å². The predicted molar refractivity (Wildman–Crippen MR) is 179 cm³/mol. The number of carbonyl (C=O) groups excluding carboxylic acids is 5. The molecular formula is C34H58N7O5+. The molecule has 0 saturated carbocycles. The maximum absolute atomic E-state index is 13.5. The van der Waals surface area contributed by atoms with Crippen molar-refractivity contribution in [2.75, 3.05) is 13.1 Å². The normalized spacial score (nSPS) is 15.1. The highest BCUT2D eigenvalue weighted by atomic mass is 16.2. The van der Waals surface area contributed by atoms with Crippen LogP contribution in [0, 0.1) is 17.8 Å². The van der Waals surface area contributed by atoms with Crippen molar-refractivity contribution in [1.82, 2.24) is 31.9 Å². The average molecular weight is 645 g/mol. The molecule has 0 aliphatic carbocycles. The van der Waals surface area contributed by atoms with Gasteiger partial charge in [-0.2, -0.15) is 0 Å². The van der Waals surface area contributed by atoms with Crippen LogP contribution in [0.4, 0.5) is 0 Å². The molecule has 12 nitrogen and oxygen atoms in total. The van der Waals surface area contributed by atoms with E-state index in [9.17, 15) is 24.0 Å². The summed E-state index contributed by atoms with van der Waals surface area (Å²) in [6, 6.07) is -0.0521. The molecule has 0 aliphatic heterocycles. The van der Waals surface area contributed by atoms with E-state index in [1.165, 1.54) is 0 Å². The third kappa shape index (κ3) is 13.7. The molecule has 1 heterocycles. The van der Waals surface area contributed by atoms with E-state index >= 15 is 0 Å². The molecule has 6 N–H and O–H groups in total. The van der Waals surface area contributed by atoms with Gasteiger partial charge in [0.05, 0.1) is 11.6 Å². The molecule has 258 valence electrons. The van der Waals surface area contributed by atoms with E-state index in [-0.39, 0.29) is 47.9 Å². The summed E-state index contributed by atoms with van der Waals surface area (Å²) in [6.07, 6.45) is 6.51. The zero-order valence-electron chi connectivity index (χ0n) is 29.2. The third-order valence-electron chi connectivity index (χ3n) is 7.82. The van der Waals surface area contributed by atoms with E-state index in [0.717, 1.165) is 0 Å². The van der Waals surface area contributed by atoms with Crippen molar-refractivity contribution >= 4 is 29.5 Å². The number of hydrogen-bond donors (Lipinski definition) is 6. The van der Waals surface area contributed by atoms with Gasteiger partial charge in [0.15, 0.2) is 12.4 Å². The summed E-state index contributed by atoms with van der Waals surface area (Å²) in [5.74, 6) is -1.83. The van der Waals surface area contributed by atoms with Crippen LogP contribution in [0.1, 0.15) is 85.0 Å². The van der Waals surface area contributed by atoms with Crippen LogP contribution in [0.3, 0.4) is 0 Å². The van der Waals surface area contributed by atoms with Gasteiger partial charge in [-0.1, -0.05) is 54.0 Å². The Bertz CT molecular complexity index is 1160. The number of aromatic nitrogens is 1. The van der Waals surface area contributed by atoms with Crippen LogP contribution in [0.25, 0.3) is 0 Å². The number of pyridine rings is 1. The second kappa shape index (κ2) is 20.3. The Labute approximate surface area is 275 Å². The topological polar surface area (TPSA) is 161 Å². The summed E-state index contributed by atoms with van der Waals surface area (Å²) < 4.78 is 1.81. The fourth-order valence-corrected chi connectivity index (χ4v) is 4.81. The number of nitrogens with one attached hydrogen (secondary N) is 6. The van der Waals surface area contributed by atoms with Crippen LogP contribution in [-0.2, 0) is 26.2 Å². The summed E-state index contributed by atoms with van der Waals surface area (Å²) in [6.45, 7) is 19.7. The standard InChI is InChI=1S/C34H57N7O5/c1-11-14-27(38-34(46)29(23(8)12-2)40-31(43)25-15-17-41(10)18-16-25)32(44)37-26(19-21(4)5)20-36-24(9)30(42)39-28(22(6)7)33(45)35-13-3/h11,15-18,21-24,26-29,36H,1,12-14,19-20H2,2-10H3,(H4-,35,37,38,39,40,42,43,44,45,46)/p+1/t23-,24-,26-,27-,28-,29-/m0/s1. The minimum Gasteiger partial charge on any atom is -0.355 e. The zero-order chi connectivity index (χ0) is 35.0. The van der Waals surface area contributed by atoms with E-state index in [2.05, 4.69) is 38.5 Å². The van der Waals surface area contributed by atoms with Gasteiger partial charge in [0.2, 0.25) is 23.6 Å². The van der Waals surface area contributed by atoms with Crippen molar-refractivity contribution in [2.24, 2.45) is 24.8 Å². The molecule has 6 atom stereocenters. The first-order chi connectivity index (χ1) is 21.6. The monoisotopic (exact) mass is 644 g/mol. The Morgan fingerprint density at radius 3 is 1.98 bits per heavy atom. The lowest BCUT2D eigenvalue weighted by Gasteiger charge is -2.28. The van der Waals surface area contributed by atoms with Crippen LogP contribution in [0.5, 0.6) is 0 Å². The number of carbonyl (C=O) groups is 5. The van der Waals surface area contributed by atoms with Crippen molar-refractivity contribution in [2.45, 2.75) is 105 Å². The molecule has 0 unspecified atom stereocenters. The second-order valence-corrected chi connectivity index (χ2v) is 12.8. The molecule has 1 aromatic heterocycles. The third-order valence-corrected chi connectivity index (χ3v) is 7.82. The lowest BCUT2D eigenvalue weighted by atomic mass is 9.97. The van der Waals surface area contributed by atoms with E-state index in [1.807, 2.05) is 60.1 Å². The quantitative estimate of drug-likeness (QED) is 0.0932. The Kier molecular flexibility index (Phi) is 17.8. The van der Waals surface area contributed by atoms with Gasteiger partial charge in [-0.3, -0.25) is 24.0 Å². The van der Waals surface area contributed by atoms with Gasteiger partial charge >= 0.3 is 0 Å². The molecule has 46 heavy (non-hydrogen) atoms. The highest BCUT2D eigenvalue weighted by molar-refractivity contribution is 5.98. The first kappa shape index (κ1) is 40.2. The molecule has 0 fully saturated rings. The lowest BCUT2D eigenvalue weighted by molar-refractivity contribution is -0.671. The van der Waals surface area contributed by atoms with Crippen LogP contribution in [0.15, 0.2) is 37.2 Å². The Hall–Kier alpha value is -3.80. The van der Waals surface area contributed by atoms with Crippen LogP contribution < -0.4 is 36.5 Å². The van der Waals surface area contributed by atoms with E-state index in [4.69, 9.17) is 0 Å².